The summed E-state index contributed by atoms with van der Waals surface area (Å²) in [7, 11) is 0. The lowest BCUT2D eigenvalue weighted by molar-refractivity contribution is -0.132. The number of anilines is 1. The maximum absolute atomic E-state index is 10.7. The Morgan fingerprint density at radius 2 is 1.89 bits per heavy atom. The van der Waals surface area contributed by atoms with Crippen molar-refractivity contribution in [2.24, 2.45) is 0 Å². The Hall–Kier alpha value is -2.11. The fourth-order valence-corrected chi connectivity index (χ4v) is 1.83. The van der Waals surface area contributed by atoms with Crippen molar-refractivity contribution in [3.63, 3.8) is 0 Å². The second-order valence-electron chi connectivity index (χ2n) is 4.19. The Morgan fingerprint density at radius 3 is 2.44 bits per heavy atom. The van der Waals surface area contributed by atoms with Gasteiger partial charge in [-0.15, -0.1) is 0 Å². The van der Waals surface area contributed by atoms with Gasteiger partial charge in [-0.05, 0) is 13.0 Å². The van der Waals surface area contributed by atoms with Gasteiger partial charge in [-0.25, -0.2) is 14.8 Å². The van der Waals surface area contributed by atoms with Crippen molar-refractivity contribution in [3.8, 4) is 0 Å². The maximum Gasteiger partial charge on any atom is 0.332 e. The molecule has 1 saturated heterocycles. The van der Waals surface area contributed by atoms with Gasteiger partial charge in [0.1, 0.15) is 0 Å². The van der Waals surface area contributed by atoms with Crippen LogP contribution in [-0.2, 0) is 4.79 Å². The van der Waals surface area contributed by atoms with Crippen molar-refractivity contribution >= 4 is 11.9 Å². The average Bonchev–Trinajstić information content (AvgIpc) is 2.40. The normalized spacial score (nSPS) is 16.8. The number of carboxylic acid groups (broad SMARTS) is 1. The molecule has 0 atom stereocenters. The van der Waals surface area contributed by atoms with Gasteiger partial charge in [-0.1, -0.05) is 0 Å². The van der Waals surface area contributed by atoms with Crippen molar-refractivity contribution in [2.45, 2.75) is 6.92 Å². The van der Waals surface area contributed by atoms with Crippen LogP contribution >= 0.6 is 0 Å². The number of carboxylic acids is 1. The highest BCUT2D eigenvalue weighted by Crippen LogP contribution is 2.10. The molecule has 1 aliphatic rings. The van der Waals surface area contributed by atoms with Crippen LogP contribution in [0.2, 0.25) is 0 Å². The molecule has 0 aromatic carbocycles. The lowest BCUT2D eigenvalue weighted by Gasteiger charge is -2.34. The zero-order valence-electron chi connectivity index (χ0n) is 10.3. The minimum Gasteiger partial charge on any atom is -0.478 e. The van der Waals surface area contributed by atoms with E-state index < -0.39 is 5.97 Å². The summed E-state index contributed by atoms with van der Waals surface area (Å²) in [6.45, 7) is 4.77. The molecule has 6 nitrogen and oxygen atoms in total. The Balaban J connectivity index is 1.93. The van der Waals surface area contributed by atoms with Gasteiger partial charge in [0.05, 0.1) is 0 Å². The third kappa shape index (κ3) is 2.97. The number of aromatic nitrogens is 2. The summed E-state index contributed by atoms with van der Waals surface area (Å²) in [6.07, 6.45) is 5.15. The second-order valence-corrected chi connectivity index (χ2v) is 4.19. The van der Waals surface area contributed by atoms with E-state index in [1.54, 1.807) is 31.6 Å². The summed E-state index contributed by atoms with van der Waals surface area (Å²) in [4.78, 5) is 23.3. The first-order valence-electron chi connectivity index (χ1n) is 5.84. The van der Waals surface area contributed by atoms with Crippen LogP contribution in [0.3, 0.4) is 0 Å². The topological polar surface area (TPSA) is 69.6 Å². The molecular formula is C12H16N4O2. The molecule has 2 heterocycles. The zero-order valence-corrected chi connectivity index (χ0v) is 10.3. The van der Waals surface area contributed by atoms with Gasteiger partial charge in [-0.3, -0.25) is 0 Å². The Labute approximate surface area is 106 Å². The average molecular weight is 248 g/mol. The second kappa shape index (κ2) is 5.48. The van der Waals surface area contributed by atoms with Crippen LogP contribution in [0.15, 0.2) is 30.2 Å². The van der Waals surface area contributed by atoms with Crippen molar-refractivity contribution in [2.75, 3.05) is 31.1 Å². The minimum atomic E-state index is -0.871. The molecular weight excluding hydrogens is 232 g/mol. The summed E-state index contributed by atoms with van der Waals surface area (Å²) in [5.74, 6) is -0.139. The quantitative estimate of drug-likeness (QED) is 0.789. The number of rotatable bonds is 3. The minimum absolute atomic E-state index is 0.361. The molecule has 1 aliphatic heterocycles. The Bertz CT molecular complexity index is 439. The highest BCUT2D eigenvalue weighted by atomic mass is 16.4. The van der Waals surface area contributed by atoms with E-state index in [1.807, 2.05) is 4.90 Å². The molecule has 96 valence electrons. The lowest BCUT2D eigenvalue weighted by Crippen LogP contribution is -2.45. The SMILES string of the molecule is CC(=CN1CCN(c2ncccn2)CC1)C(=O)O. The van der Waals surface area contributed by atoms with Gasteiger partial charge in [0.15, 0.2) is 0 Å². The number of piperazine rings is 1. The van der Waals surface area contributed by atoms with E-state index in [-0.39, 0.29) is 0 Å². The van der Waals surface area contributed by atoms with Gasteiger partial charge in [-0.2, -0.15) is 0 Å². The summed E-state index contributed by atoms with van der Waals surface area (Å²) in [5, 5.41) is 8.82. The van der Waals surface area contributed by atoms with E-state index in [0.717, 1.165) is 32.1 Å². The third-order valence-electron chi connectivity index (χ3n) is 2.86. The number of aliphatic carboxylic acids is 1. The molecule has 1 N–H and O–H groups in total. The molecule has 1 aromatic heterocycles. The first kappa shape index (κ1) is 12.3. The number of hydrogen-bond donors (Lipinski definition) is 1. The Morgan fingerprint density at radius 1 is 1.28 bits per heavy atom. The third-order valence-corrected chi connectivity index (χ3v) is 2.86. The summed E-state index contributed by atoms with van der Waals surface area (Å²) >= 11 is 0. The fraction of sp³-hybridized carbons (Fsp3) is 0.417. The smallest absolute Gasteiger partial charge is 0.332 e. The molecule has 0 bridgehead atoms. The zero-order chi connectivity index (χ0) is 13.0. The van der Waals surface area contributed by atoms with E-state index in [1.165, 1.54) is 0 Å². The van der Waals surface area contributed by atoms with Crippen LogP contribution in [0.25, 0.3) is 0 Å². The van der Waals surface area contributed by atoms with Crippen molar-refractivity contribution in [1.29, 1.82) is 0 Å². The molecule has 0 saturated carbocycles. The van der Waals surface area contributed by atoms with E-state index in [2.05, 4.69) is 14.9 Å². The summed E-state index contributed by atoms with van der Waals surface area (Å²) < 4.78 is 0. The molecule has 0 aliphatic carbocycles. The van der Waals surface area contributed by atoms with Gasteiger partial charge in [0.25, 0.3) is 0 Å². The van der Waals surface area contributed by atoms with Gasteiger partial charge in [0, 0.05) is 50.3 Å². The van der Waals surface area contributed by atoms with Crippen molar-refractivity contribution in [3.05, 3.63) is 30.2 Å². The lowest BCUT2D eigenvalue weighted by atomic mass is 10.3. The first-order chi connectivity index (χ1) is 8.66. The molecule has 1 aromatic rings. The maximum atomic E-state index is 10.7. The predicted octanol–water partition coefficient (Wildman–Crippen LogP) is 0.587. The highest BCUT2D eigenvalue weighted by molar-refractivity contribution is 5.85. The van der Waals surface area contributed by atoms with Gasteiger partial charge >= 0.3 is 5.97 Å². The molecule has 0 unspecified atom stereocenters. The number of hydrogen-bond acceptors (Lipinski definition) is 5. The number of nitrogens with zero attached hydrogens (tertiary/aromatic N) is 4. The molecule has 0 radical (unpaired) electrons. The van der Waals surface area contributed by atoms with Crippen molar-refractivity contribution < 1.29 is 9.90 Å². The van der Waals surface area contributed by atoms with Gasteiger partial charge < -0.3 is 14.9 Å². The highest BCUT2D eigenvalue weighted by Gasteiger charge is 2.17. The molecule has 0 amide bonds. The largest absolute Gasteiger partial charge is 0.478 e. The molecule has 1 fully saturated rings. The van der Waals surface area contributed by atoms with Gasteiger partial charge in [0.2, 0.25) is 5.95 Å². The van der Waals surface area contributed by atoms with Crippen LogP contribution < -0.4 is 4.90 Å². The molecule has 2 rings (SSSR count). The van der Waals surface area contributed by atoms with Crippen LogP contribution in [0.5, 0.6) is 0 Å². The van der Waals surface area contributed by atoms with Crippen LogP contribution in [0.1, 0.15) is 6.92 Å². The van der Waals surface area contributed by atoms with Crippen molar-refractivity contribution in [1.82, 2.24) is 14.9 Å². The monoisotopic (exact) mass is 248 g/mol. The van der Waals surface area contributed by atoms with Crippen LogP contribution in [0, 0.1) is 0 Å². The molecule has 0 spiro atoms. The standard InChI is InChI=1S/C12H16N4O2/c1-10(11(17)18)9-15-5-7-16(8-6-15)12-13-3-2-4-14-12/h2-4,9H,5-8H2,1H3,(H,17,18). The fourth-order valence-electron chi connectivity index (χ4n) is 1.83. The van der Waals surface area contributed by atoms with E-state index in [9.17, 15) is 4.79 Å². The first-order valence-corrected chi connectivity index (χ1v) is 5.84. The summed E-state index contributed by atoms with van der Waals surface area (Å²) in [5.41, 5.74) is 0.361. The summed E-state index contributed by atoms with van der Waals surface area (Å²) in [6, 6.07) is 1.79. The Kier molecular flexibility index (Phi) is 3.76. The van der Waals surface area contributed by atoms with Crippen LogP contribution in [-0.4, -0.2) is 52.1 Å². The van der Waals surface area contributed by atoms with E-state index in [0.29, 0.717) is 5.57 Å². The number of carbonyl (C=O) groups is 1. The molecule has 18 heavy (non-hydrogen) atoms. The predicted molar refractivity (Wildman–Crippen MR) is 67.2 cm³/mol. The van der Waals surface area contributed by atoms with Crippen LogP contribution in [0.4, 0.5) is 5.95 Å². The van der Waals surface area contributed by atoms with E-state index >= 15 is 0 Å². The van der Waals surface area contributed by atoms with E-state index in [4.69, 9.17) is 5.11 Å². The molecule has 6 heteroatoms.